The Morgan fingerprint density at radius 1 is 1.28 bits per heavy atom. The van der Waals surface area contributed by atoms with Crippen molar-refractivity contribution < 1.29 is 23.6 Å². The molecule has 2 rings (SSSR count). The molecule has 1 aromatic heterocycles. The van der Waals surface area contributed by atoms with Crippen LogP contribution in [0, 0.1) is 6.92 Å². The number of hydroxylamine groups is 2. The predicted octanol–water partition coefficient (Wildman–Crippen LogP) is 0.169. The van der Waals surface area contributed by atoms with Crippen LogP contribution in [0.15, 0.2) is 21.5 Å². The summed E-state index contributed by atoms with van der Waals surface area (Å²) in [7, 11) is 0. The van der Waals surface area contributed by atoms with Gasteiger partial charge in [0.15, 0.2) is 5.43 Å². The zero-order chi connectivity index (χ0) is 13.3. The SMILES string of the molecule is Cc1coc(C(=O)ON2C(=O)CCC2=O)cc1=O. The Kier molecular flexibility index (Phi) is 2.97. The second-order valence-corrected chi connectivity index (χ2v) is 3.75. The number of hydrogen-bond acceptors (Lipinski definition) is 6. The molecule has 0 atom stereocenters. The van der Waals surface area contributed by atoms with Gasteiger partial charge in [-0.1, -0.05) is 0 Å². The third-order valence-corrected chi connectivity index (χ3v) is 2.39. The van der Waals surface area contributed by atoms with Crippen molar-refractivity contribution in [1.82, 2.24) is 5.06 Å². The second kappa shape index (κ2) is 4.44. The monoisotopic (exact) mass is 251 g/mol. The predicted molar refractivity (Wildman–Crippen MR) is 56.2 cm³/mol. The van der Waals surface area contributed by atoms with Crippen LogP contribution in [0.3, 0.4) is 0 Å². The van der Waals surface area contributed by atoms with E-state index in [1.807, 2.05) is 0 Å². The van der Waals surface area contributed by atoms with E-state index in [2.05, 4.69) is 4.84 Å². The number of amides is 2. The van der Waals surface area contributed by atoms with Gasteiger partial charge in [-0.15, -0.1) is 5.06 Å². The summed E-state index contributed by atoms with van der Waals surface area (Å²) in [6.07, 6.45) is 1.11. The van der Waals surface area contributed by atoms with Gasteiger partial charge < -0.3 is 9.25 Å². The van der Waals surface area contributed by atoms with E-state index in [9.17, 15) is 19.2 Å². The Labute approximate surface area is 101 Å². The molecule has 18 heavy (non-hydrogen) atoms. The van der Waals surface area contributed by atoms with E-state index in [1.54, 1.807) is 0 Å². The zero-order valence-corrected chi connectivity index (χ0v) is 9.47. The minimum Gasteiger partial charge on any atom is -0.457 e. The van der Waals surface area contributed by atoms with Gasteiger partial charge in [0.1, 0.15) is 0 Å². The minimum atomic E-state index is -1.06. The second-order valence-electron chi connectivity index (χ2n) is 3.75. The van der Waals surface area contributed by atoms with Crippen LogP contribution < -0.4 is 5.43 Å². The fourth-order valence-electron chi connectivity index (χ4n) is 1.37. The van der Waals surface area contributed by atoms with E-state index in [4.69, 9.17) is 4.42 Å². The van der Waals surface area contributed by atoms with Crippen LogP contribution in [0.25, 0.3) is 0 Å². The molecule has 1 fully saturated rings. The fraction of sp³-hybridized carbons (Fsp3) is 0.273. The highest BCUT2D eigenvalue weighted by Gasteiger charge is 2.33. The van der Waals surface area contributed by atoms with E-state index in [0.717, 1.165) is 12.3 Å². The van der Waals surface area contributed by atoms with Gasteiger partial charge >= 0.3 is 5.97 Å². The first kappa shape index (κ1) is 12.0. The van der Waals surface area contributed by atoms with Crippen molar-refractivity contribution in [2.45, 2.75) is 19.8 Å². The lowest BCUT2D eigenvalue weighted by Crippen LogP contribution is -2.32. The summed E-state index contributed by atoms with van der Waals surface area (Å²) in [4.78, 5) is 49.8. The number of hydrogen-bond donors (Lipinski definition) is 0. The highest BCUT2D eigenvalue weighted by molar-refractivity contribution is 6.02. The molecule has 0 bridgehead atoms. The van der Waals surface area contributed by atoms with E-state index in [1.165, 1.54) is 6.92 Å². The van der Waals surface area contributed by atoms with Crippen molar-refractivity contribution in [2.24, 2.45) is 0 Å². The van der Waals surface area contributed by atoms with Crippen molar-refractivity contribution >= 4 is 17.8 Å². The van der Waals surface area contributed by atoms with Gasteiger partial charge in [0.2, 0.25) is 5.76 Å². The van der Waals surface area contributed by atoms with Crippen LogP contribution >= 0.6 is 0 Å². The molecule has 0 unspecified atom stereocenters. The summed E-state index contributed by atoms with van der Waals surface area (Å²) in [5, 5.41) is 0.391. The average molecular weight is 251 g/mol. The molecular formula is C11H9NO6. The molecule has 0 aromatic carbocycles. The van der Waals surface area contributed by atoms with Crippen molar-refractivity contribution in [2.75, 3.05) is 0 Å². The number of imide groups is 1. The summed E-state index contributed by atoms with van der Waals surface area (Å²) in [5.74, 6) is -2.61. The molecule has 1 aromatic rings. The lowest BCUT2D eigenvalue weighted by atomic mass is 10.3. The van der Waals surface area contributed by atoms with Crippen LogP contribution in [-0.2, 0) is 14.4 Å². The van der Waals surface area contributed by atoms with Crippen molar-refractivity contribution in [3.05, 3.63) is 33.9 Å². The molecule has 0 aliphatic carbocycles. The maximum absolute atomic E-state index is 11.6. The smallest absolute Gasteiger partial charge is 0.399 e. The molecule has 0 spiro atoms. The van der Waals surface area contributed by atoms with Gasteiger partial charge in [-0.05, 0) is 6.92 Å². The highest BCUT2D eigenvalue weighted by atomic mass is 16.7. The minimum absolute atomic E-state index is 0.00393. The number of rotatable bonds is 2. The number of aryl methyl sites for hydroxylation is 1. The van der Waals surface area contributed by atoms with Crippen molar-refractivity contribution in [1.29, 1.82) is 0 Å². The van der Waals surface area contributed by atoms with E-state index in [0.29, 0.717) is 10.6 Å². The van der Waals surface area contributed by atoms with E-state index in [-0.39, 0.29) is 18.6 Å². The molecule has 2 amide bonds. The van der Waals surface area contributed by atoms with Crippen LogP contribution in [0.4, 0.5) is 0 Å². The third-order valence-electron chi connectivity index (χ3n) is 2.39. The highest BCUT2D eigenvalue weighted by Crippen LogP contribution is 2.13. The van der Waals surface area contributed by atoms with Crippen molar-refractivity contribution in [3.8, 4) is 0 Å². The normalized spacial score (nSPS) is 15.1. The average Bonchev–Trinajstić information content (AvgIpc) is 2.64. The lowest BCUT2D eigenvalue weighted by molar-refractivity contribution is -0.173. The summed E-state index contributed by atoms with van der Waals surface area (Å²) in [5.41, 5.74) is -0.0628. The molecule has 1 saturated heterocycles. The third kappa shape index (κ3) is 2.15. The topological polar surface area (TPSA) is 93.9 Å². The van der Waals surface area contributed by atoms with Gasteiger partial charge in [-0.3, -0.25) is 14.4 Å². The van der Waals surface area contributed by atoms with Gasteiger partial charge in [-0.25, -0.2) is 4.79 Å². The Balaban J connectivity index is 2.17. The molecule has 0 radical (unpaired) electrons. The Morgan fingerprint density at radius 2 is 1.89 bits per heavy atom. The summed E-state index contributed by atoms with van der Waals surface area (Å²) in [6.45, 7) is 1.52. The fourth-order valence-corrected chi connectivity index (χ4v) is 1.37. The Bertz CT molecular complexity index is 571. The van der Waals surface area contributed by atoms with Crippen molar-refractivity contribution in [3.63, 3.8) is 0 Å². The quantitative estimate of drug-likeness (QED) is 0.695. The molecule has 94 valence electrons. The summed E-state index contributed by atoms with van der Waals surface area (Å²) >= 11 is 0. The first-order valence-corrected chi connectivity index (χ1v) is 5.16. The van der Waals surface area contributed by atoms with Crippen LogP contribution in [0.2, 0.25) is 0 Å². The van der Waals surface area contributed by atoms with Crippen LogP contribution in [0.1, 0.15) is 29.0 Å². The summed E-state index contributed by atoms with van der Waals surface area (Å²) in [6, 6.07) is 0.947. The zero-order valence-electron chi connectivity index (χ0n) is 9.47. The van der Waals surface area contributed by atoms with Gasteiger partial charge in [-0.2, -0.15) is 0 Å². The summed E-state index contributed by atoms with van der Waals surface area (Å²) < 4.78 is 4.86. The largest absolute Gasteiger partial charge is 0.457 e. The van der Waals surface area contributed by atoms with Crippen LogP contribution in [-0.4, -0.2) is 22.8 Å². The molecule has 1 aliphatic heterocycles. The molecule has 7 heteroatoms. The van der Waals surface area contributed by atoms with Crippen LogP contribution in [0.5, 0.6) is 0 Å². The number of nitrogens with zero attached hydrogens (tertiary/aromatic N) is 1. The van der Waals surface area contributed by atoms with Gasteiger partial charge in [0.25, 0.3) is 11.8 Å². The molecule has 0 saturated carbocycles. The Morgan fingerprint density at radius 3 is 2.44 bits per heavy atom. The molecule has 0 N–H and O–H groups in total. The number of carbonyl (C=O) groups is 3. The standard InChI is InChI=1S/C11H9NO6/c1-6-5-17-8(4-7(6)13)11(16)18-12-9(14)2-3-10(12)15/h4-5H,2-3H2,1H3. The molecule has 7 nitrogen and oxygen atoms in total. The van der Waals surface area contributed by atoms with Gasteiger partial charge in [0, 0.05) is 24.5 Å². The number of carbonyl (C=O) groups excluding carboxylic acids is 3. The van der Waals surface area contributed by atoms with E-state index >= 15 is 0 Å². The maximum Gasteiger partial charge on any atom is 0.399 e. The van der Waals surface area contributed by atoms with E-state index < -0.39 is 23.2 Å². The first-order valence-electron chi connectivity index (χ1n) is 5.16. The lowest BCUT2D eigenvalue weighted by Gasteiger charge is -2.11. The first-order chi connectivity index (χ1) is 8.49. The molecular weight excluding hydrogens is 242 g/mol. The van der Waals surface area contributed by atoms with Gasteiger partial charge in [0.05, 0.1) is 6.26 Å². The maximum atomic E-state index is 11.6. The molecule has 1 aliphatic rings. The Hall–Kier alpha value is -2.44. The molecule has 2 heterocycles.